The fourth-order valence-corrected chi connectivity index (χ4v) is 4.84. The standard InChI is InChI=1S/C22H25N3O2/c1-13-7-5-6-8-17(13)19-12-26-22-18(20-14(2)23-27-15(20)3)10-9-16-11-24(4)25(19)21(16)22/h5-10,13,17,19H,11-12H2,1-4H3. The van der Waals surface area contributed by atoms with E-state index >= 15 is 0 Å². The molecule has 0 radical (unpaired) electrons. The molecule has 3 heterocycles. The number of nitrogens with zero attached hydrogens (tertiary/aromatic N) is 3. The second-order valence-electron chi connectivity index (χ2n) is 7.89. The van der Waals surface area contributed by atoms with Crippen LogP contribution in [0.4, 0.5) is 5.69 Å². The molecule has 1 aromatic heterocycles. The van der Waals surface area contributed by atoms with Gasteiger partial charge in [-0.25, -0.2) is 5.01 Å². The van der Waals surface area contributed by atoms with Crippen LogP contribution in [0.15, 0.2) is 41.0 Å². The van der Waals surface area contributed by atoms with E-state index in [4.69, 9.17) is 9.26 Å². The summed E-state index contributed by atoms with van der Waals surface area (Å²) in [5.41, 5.74) is 5.56. The molecule has 5 heteroatoms. The molecular formula is C22H25N3O2. The summed E-state index contributed by atoms with van der Waals surface area (Å²) in [6.07, 6.45) is 8.93. The summed E-state index contributed by atoms with van der Waals surface area (Å²) in [7, 11) is 2.17. The molecule has 1 aliphatic carbocycles. The highest BCUT2D eigenvalue weighted by molar-refractivity contribution is 5.84. The van der Waals surface area contributed by atoms with Crippen molar-refractivity contribution in [1.29, 1.82) is 0 Å². The van der Waals surface area contributed by atoms with E-state index in [9.17, 15) is 0 Å². The van der Waals surface area contributed by atoms with Crippen molar-refractivity contribution in [3.05, 3.63) is 53.5 Å². The molecule has 2 aliphatic heterocycles. The van der Waals surface area contributed by atoms with Crippen molar-refractivity contribution in [2.45, 2.75) is 33.4 Å². The topological polar surface area (TPSA) is 41.7 Å². The molecule has 5 nitrogen and oxygen atoms in total. The van der Waals surface area contributed by atoms with Crippen molar-refractivity contribution in [2.75, 3.05) is 18.7 Å². The van der Waals surface area contributed by atoms with Gasteiger partial charge < -0.3 is 9.26 Å². The number of benzene rings is 1. The van der Waals surface area contributed by atoms with Gasteiger partial charge in [-0.1, -0.05) is 42.5 Å². The Morgan fingerprint density at radius 1 is 1.15 bits per heavy atom. The van der Waals surface area contributed by atoms with Gasteiger partial charge in [0.15, 0.2) is 5.75 Å². The SMILES string of the molecule is Cc1noc(C)c1-c1ccc2c3c1OCC(C1C=CC=CC1C)N3N(C)C2. The molecule has 27 heavy (non-hydrogen) atoms. The van der Waals surface area contributed by atoms with Crippen LogP contribution < -0.4 is 9.75 Å². The van der Waals surface area contributed by atoms with Gasteiger partial charge in [0.25, 0.3) is 0 Å². The van der Waals surface area contributed by atoms with Crippen LogP contribution in [0.1, 0.15) is 23.9 Å². The van der Waals surface area contributed by atoms with Crippen molar-refractivity contribution in [3.63, 3.8) is 0 Å². The van der Waals surface area contributed by atoms with Gasteiger partial charge >= 0.3 is 0 Å². The van der Waals surface area contributed by atoms with Crippen molar-refractivity contribution in [1.82, 2.24) is 10.2 Å². The Morgan fingerprint density at radius 3 is 2.70 bits per heavy atom. The van der Waals surface area contributed by atoms with Gasteiger partial charge in [-0.15, -0.1) is 0 Å². The molecule has 0 saturated heterocycles. The summed E-state index contributed by atoms with van der Waals surface area (Å²) in [4.78, 5) is 0. The van der Waals surface area contributed by atoms with Crippen LogP contribution in [-0.4, -0.2) is 29.9 Å². The van der Waals surface area contributed by atoms with Crippen LogP contribution in [-0.2, 0) is 6.54 Å². The smallest absolute Gasteiger partial charge is 0.152 e. The number of allylic oxidation sites excluding steroid dienone is 3. The quantitative estimate of drug-likeness (QED) is 0.797. The highest BCUT2D eigenvalue weighted by atomic mass is 16.5. The third-order valence-corrected chi connectivity index (χ3v) is 6.14. The molecule has 0 bridgehead atoms. The minimum absolute atomic E-state index is 0.292. The van der Waals surface area contributed by atoms with E-state index in [0.717, 1.165) is 34.9 Å². The normalized spacial score (nSPS) is 26.4. The van der Waals surface area contributed by atoms with Gasteiger partial charge in [-0.05, 0) is 31.4 Å². The third-order valence-electron chi connectivity index (χ3n) is 6.14. The molecule has 0 amide bonds. The third kappa shape index (κ3) is 2.38. The minimum Gasteiger partial charge on any atom is -0.488 e. The second kappa shape index (κ2) is 5.99. The lowest BCUT2D eigenvalue weighted by atomic mass is 9.83. The van der Waals surface area contributed by atoms with Crippen molar-refractivity contribution in [3.8, 4) is 16.9 Å². The van der Waals surface area contributed by atoms with Gasteiger partial charge in [0.05, 0.1) is 23.0 Å². The van der Waals surface area contributed by atoms with Crippen LogP contribution in [0.3, 0.4) is 0 Å². The molecule has 0 fully saturated rings. The van der Waals surface area contributed by atoms with Gasteiger partial charge in [-0.3, -0.25) is 5.01 Å². The summed E-state index contributed by atoms with van der Waals surface area (Å²) in [6, 6.07) is 4.67. The Balaban J connectivity index is 1.63. The number of aryl methyl sites for hydroxylation is 2. The zero-order chi connectivity index (χ0) is 18.7. The highest BCUT2D eigenvalue weighted by Crippen LogP contribution is 2.50. The maximum absolute atomic E-state index is 6.45. The molecule has 140 valence electrons. The van der Waals surface area contributed by atoms with Gasteiger partial charge in [-0.2, -0.15) is 0 Å². The Kier molecular flexibility index (Phi) is 3.69. The number of hydrazine groups is 1. The highest BCUT2D eigenvalue weighted by Gasteiger charge is 2.42. The Bertz CT molecular complexity index is 939. The lowest BCUT2D eigenvalue weighted by Crippen LogP contribution is -2.53. The average molecular weight is 363 g/mol. The van der Waals surface area contributed by atoms with E-state index < -0.39 is 0 Å². The lowest BCUT2D eigenvalue weighted by molar-refractivity contribution is 0.163. The predicted octanol–water partition coefficient (Wildman–Crippen LogP) is 4.26. The summed E-state index contributed by atoms with van der Waals surface area (Å²) in [5, 5.41) is 8.93. The molecule has 1 aromatic carbocycles. The fraction of sp³-hybridized carbons (Fsp3) is 0.409. The van der Waals surface area contributed by atoms with Crippen LogP contribution in [0.2, 0.25) is 0 Å². The first-order chi connectivity index (χ1) is 13.1. The minimum atomic E-state index is 0.292. The fourth-order valence-electron chi connectivity index (χ4n) is 4.84. The lowest BCUT2D eigenvalue weighted by Gasteiger charge is -2.44. The van der Waals surface area contributed by atoms with E-state index in [-0.39, 0.29) is 0 Å². The van der Waals surface area contributed by atoms with E-state index in [2.05, 4.69) is 65.6 Å². The van der Waals surface area contributed by atoms with Gasteiger partial charge in [0.2, 0.25) is 0 Å². The molecule has 3 aliphatic rings. The monoisotopic (exact) mass is 363 g/mol. The Morgan fingerprint density at radius 2 is 1.96 bits per heavy atom. The summed E-state index contributed by atoms with van der Waals surface area (Å²) in [6.45, 7) is 7.82. The summed E-state index contributed by atoms with van der Waals surface area (Å²) < 4.78 is 11.9. The summed E-state index contributed by atoms with van der Waals surface area (Å²) in [5.74, 6) is 2.72. The molecule has 2 aromatic rings. The zero-order valence-electron chi connectivity index (χ0n) is 16.3. The van der Waals surface area contributed by atoms with E-state index in [1.54, 1.807) is 0 Å². The molecular weight excluding hydrogens is 338 g/mol. The van der Waals surface area contributed by atoms with Crippen LogP contribution in [0, 0.1) is 25.7 Å². The first-order valence-electron chi connectivity index (χ1n) is 9.63. The number of hydrogen-bond acceptors (Lipinski definition) is 5. The molecule has 0 N–H and O–H groups in total. The van der Waals surface area contributed by atoms with E-state index in [1.165, 1.54) is 11.3 Å². The number of hydrogen-bond donors (Lipinski definition) is 0. The van der Waals surface area contributed by atoms with Gasteiger partial charge in [0, 0.05) is 25.1 Å². The van der Waals surface area contributed by atoms with Crippen LogP contribution in [0.5, 0.6) is 5.75 Å². The Labute approximate surface area is 159 Å². The zero-order valence-corrected chi connectivity index (χ0v) is 16.3. The van der Waals surface area contributed by atoms with Crippen molar-refractivity contribution >= 4 is 5.69 Å². The second-order valence-corrected chi connectivity index (χ2v) is 7.89. The predicted molar refractivity (Wildman–Crippen MR) is 106 cm³/mol. The largest absolute Gasteiger partial charge is 0.488 e. The van der Waals surface area contributed by atoms with Gasteiger partial charge in [0.1, 0.15) is 12.4 Å². The number of rotatable bonds is 2. The molecule has 3 unspecified atom stereocenters. The van der Waals surface area contributed by atoms with Crippen LogP contribution in [0.25, 0.3) is 11.1 Å². The molecule has 3 atom stereocenters. The van der Waals surface area contributed by atoms with E-state index in [1.807, 2.05) is 13.8 Å². The maximum Gasteiger partial charge on any atom is 0.152 e. The van der Waals surface area contributed by atoms with Crippen LogP contribution >= 0.6 is 0 Å². The Hall–Kier alpha value is -2.53. The molecule has 5 rings (SSSR count). The molecule has 0 saturated carbocycles. The average Bonchev–Trinajstić information content (AvgIpc) is 3.17. The van der Waals surface area contributed by atoms with Crippen molar-refractivity contribution < 1.29 is 9.26 Å². The maximum atomic E-state index is 6.45. The van der Waals surface area contributed by atoms with E-state index in [0.29, 0.717) is 24.5 Å². The number of anilines is 1. The number of ether oxygens (including phenoxy) is 1. The molecule has 0 spiro atoms. The van der Waals surface area contributed by atoms with Crippen molar-refractivity contribution in [2.24, 2.45) is 11.8 Å². The summed E-state index contributed by atoms with van der Waals surface area (Å²) >= 11 is 0. The first-order valence-corrected chi connectivity index (χ1v) is 9.63. The number of aromatic nitrogens is 1. The first kappa shape index (κ1) is 16.6.